The van der Waals surface area contributed by atoms with Crippen molar-refractivity contribution < 1.29 is 4.79 Å². The zero-order valence-corrected chi connectivity index (χ0v) is 22.1. The molecule has 0 spiro atoms. The molecule has 0 radical (unpaired) electrons. The smallest absolute Gasteiger partial charge is 0.266 e. The van der Waals surface area contributed by atoms with Gasteiger partial charge in [0, 0.05) is 24.5 Å². The molecule has 0 aliphatic heterocycles. The van der Waals surface area contributed by atoms with E-state index >= 15 is 0 Å². The number of hydrogen-bond acceptors (Lipinski definition) is 4. The third-order valence-electron chi connectivity index (χ3n) is 6.33. The fourth-order valence-electron chi connectivity index (χ4n) is 4.27. The molecule has 188 valence electrons. The molecule has 0 saturated carbocycles. The van der Waals surface area contributed by atoms with Crippen molar-refractivity contribution in [1.82, 2.24) is 19.4 Å². The van der Waals surface area contributed by atoms with E-state index < -0.39 is 0 Å². The van der Waals surface area contributed by atoms with Gasteiger partial charge in [0.15, 0.2) is 0 Å². The van der Waals surface area contributed by atoms with E-state index in [4.69, 9.17) is 16.6 Å². The molecule has 1 unspecified atom stereocenters. The number of hydrogen-bond donors (Lipinski definition) is 0. The van der Waals surface area contributed by atoms with E-state index in [0.29, 0.717) is 40.4 Å². The van der Waals surface area contributed by atoms with E-state index in [1.54, 1.807) is 22.8 Å². The van der Waals surface area contributed by atoms with Crippen LogP contribution in [0.4, 0.5) is 0 Å². The van der Waals surface area contributed by atoms with Crippen LogP contribution in [0.25, 0.3) is 16.6 Å². The van der Waals surface area contributed by atoms with Crippen molar-refractivity contribution in [2.45, 2.75) is 58.4 Å². The number of unbranched alkanes of at least 4 members (excludes halogenated alkanes) is 4. The Hall–Kier alpha value is -2.70. The molecule has 0 bridgehead atoms. The lowest BCUT2D eigenvalue weighted by atomic mass is 10.1. The summed E-state index contributed by atoms with van der Waals surface area (Å²) < 4.78 is 1.63. The van der Waals surface area contributed by atoms with Gasteiger partial charge in [0.2, 0.25) is 5.91 Å². The number of likely N-dealkylation sites (N-methyl/N-ethyl adjacent to an activating group) is 1. The molecule has 0 saturated heterocycles. The molecule has 7 heteroatoms. The number of amides is 1. The Morgan fingerprint density at radius 2 is 1.69 bits per heavy atom. The Kier molecular flexibility index (Phi) is 9.87. The molecule has 0 aliphatic carbocycles. The molecule has 0 aliphatic rings. The predicted molar refractivity (Wildman–Crippen MR) is 144 cm³/mol. The minimum atomic E-state index is -0.383. The maximum Gasteiger partial charge on any atom is 0.266 e. The highest BCUT2D eigenvalue weighted by Gasteiger charge is 2.26. The normalized spacial score (nSPS) is 12.3. The Bertz CT molecular complexity index is 1170. The largest absolute Gasteiger partial charge is 0.331 e. The lowest BCUT2D eigenvalue weighted by molar-refractivity contribution is -0.133. The summed E-state index contributed by atoms with van der Waals surface area (Å²) in [6.07, 6.45) is 5.96. The molecule has 3 aromatic rings. The lowest BCUT2D eigenvalue weighted by Gasteiger charge is -2.31. The minimum Gasteiger partial charge on any atom is -0.331 e. The molecule has 2 aromatic carbocycles. The molecule has 3 rings (SSSR count). The van der Waals surface area contributed by atoms with Crippen LogP contribution in [0.15, 0.2) is 53.3 Å². The van der Waals surface area contributed by atoms with Crippen molar-refractivity contribution in [3.8, 4) is 5.69 Å². The van der Waals surface area contributed by atoms with Gasteiger partial charge in [-0.05, 0) is 63.8 Å². The molecule has 1 amide bonds. The van der Waals surface area contributed by atoms with E-state index in [0.717, 1.165) is 25.8 Å². The number of fused-ring (bicyclic) bond motifs is 1. The molecule has 35 heavy (non-hydrogen) atoms. The van der Waals surface area contributed by atoms with Crippen molar-refractivity contribution in [1.29, 1.82) is 0 Å². The highest BCUT2D eigenvalue weighted by Crippen LogP contribution is 2.24. The Labute approximate surface area is 213 Å². The van der Waals surface area contributed by atoms with Gasteiger partial charge in [-0.1, -0.05) is 56.3 Å². The van der Waals surface area contributed by atoms with Crippen LogP contribution in [-0.2, 0) is 4.79 Å². The van der Waals surface area contributed by atoms with Gasteiger partial charge in [0.25, 0.3) is 5.56 Å². The average Bonchev–Trinajstić information content (AvgIpc) is 2.84. The van der Waals surface area contributed by atoms with E-state index in [1.165, 1.54) is 12.8 Å². The van der Waals surface area contributed by atoms with Crippen LogP contribution in [0.3, 0.4) is 0 Å². The van der Waals surface area contributed by atoms with Gasteiger partial charge in [-0.15, -0.1) is 0 Å². The Morgan fingerprint density at radius 1 is 1.00 bits per heavy atom. The highest BCUT2D eigenvalue weighted by molar-refractivity contribution is 6.30. The number of para-hydroxylation sites is 1. The summed E-state index contributed by atoms with van der Waals surface area (Å²) >= 11 is 6.12. The van der Waals surface area contributed by atoms with Gasteiger partial charge in [-0.2, -0.15) is 0 Å². The second-order valence-corrected chi connectivity index (χ2v) is 9.77. The van der Waals surface area contributed by atoms with Gasteiger partial charge in [0.05, 0.1) is 22.6 Å². The summed E-state index contributed by atoms with van der Waals surface area (Å²) in [5.74, 6) is 0.648. The zero-order chi connectivity index (χ0) is 25.4. The number of nitrogens with zero attached hydrogens (tertiary/aromatic N) is 4. The van der Waals surface area contributed by atoms with Crippen LogP contribution in [0, 0.1) is 0 Å². The van der Waals surface area contributed by atoms with Crippen LogP contribution in [0.5, 0.6) is 0 Å². The van der Waals surface area contributed by atoms with Gasteiger partial charge in [0.1, 0.15) is 5.82 Å². The summed E-state index contributed by atoms with van der Waals surface area (Å²) in [6, 6.07) is 14.1. The van der Waals surface area contributed by atoms with E-state index in [-0.39, 0.29) is 17.5 Å². The maximum absolute atomic E-state index is 13.6. The standard InChI is InChI=1S/C28H37ClN4O2/c1-5-6-7-8-9-14-26(34)32(20-19-31(3)4)21(2)27-30-25-13-11-10-12-24(25)28(35)33(27)23-17-15-22(29)16-18-23/h10-13,15-18,21H,5-9,14,19-20H2,1-4H3. The summed E-state index contributed by atoms with van der Waals surface area (Å²) in [4.78, 5) is 35.9. The van der Waals surface area contributed by atoms with Crippen LogP contribution >= 0.6 is 11.6 Å². The first kappa shape index (κ1) is 26.9. The van der Waals surface area contributed by atoms with Gasteiger partial charge in [-0.25, -0.2) is 4.98 Å². The fourth-order valence-corrected chi connectivity index (χ4v) is 4.40. The Balaban J connectivity index is 2.03. The topological polar surface area (TPSA) is 58.4 Å². The van der Waals surface area contributed by atoms with Crippen LogP contribution < -0.4 is 5.56 Å². The van der Waals surface area contributed by atoms with Gasteiger partial charge in [-0.3, -0.25) is 14.2 Å². The molecule has 0 N–H and O–H groups in total. The van der Waals surface area contributed by atoms with Crippen molar-refractivity contribution in [2.24, 2.45) is 0 Å². The molecular weight excluding hydrogens is 460 g/mol. The monoisotopic (exact) mass is 496 g/mol. The number of halogens is 1. The predicted octanol–water partition coefficient (Wildman–Crippen LogP) is 5.85. The number of rotatable bonds is 12. The minimum absolute atomic E-state index is 0.0981. The van der Waals surface area contributed by atoms with Crippen molar-refractivity contribution in [2.75, 3.05) is 27.2 Å². The summed E-state index contributed by atoms with van der Waals surface area (Å²) in [6.45, 7) is 5.44. The first-order valence-corrected chi connectivity index (χ1v) is 12.9. The SMILES string of the molecule is CCCCCCCC(=O)N(CCN(C)C)C(C)c1nc2ccccc2c(=O)n1-c1ccc(Cl)cc1. The quantitative estimate of drug-likeness (QED) is 0.295. The van der Waals surface area contributed by atoms with E-state index in [9.17, 15) is 9.59 Å². The molecule has 1 heterocycles. The third kappa shape index (κ3) is 6.92. The number of benzene rings is 2. The van der Waals surface area contributed by atoms with Crippen molar-refractivity contribution >= 4 is 28.4 Å². The average molecular weight is 497 g/mol. The van der Waals surface area contributed by atoms with Crippen molar-refractivity contribution in [3.63, 3.8) is 0 Å². The van der Waals surface area contributed by atoms with Gasteiger partial charge < -0.3 is 9.80 Å². The van der Waals surface area contributed by atoms with Crippen LogP contribution in [0.2, 0.25) is 5.02 Å². The summed E-state index contributed by atoms with van der Waals surface area (Å²) in [5, 5.41) is 1.14. The number of carbonyl (C=O) groups is 1. The highest BCUT2D eigenvalue weighted by atomic mass is 35.5. The summed E-state index contributed by atoms with van der Waals surface area (Å²) in [5.41, 5.74) is 1.16. The maximum atomic E-state index is 13.6. The molecule has 1 atom stereocenters. The third-order valence-corrected chi connectivity index (χ3v) is 6.58. The van der Waals surface area contributed by atoms with Crippen LogP contribution in [0.1, 0.15) is 64.2 Å². The number of carbonyl (C=O) groups excluding carboxylic acids is 1. The van der Waals surface area contributed by atoms with E-state index in [2.05, 4.69) is 11.8 Å². The Morgan fingerprint density at radius 3 is 2.37 bits per heavy atom. The molecule has 6 nitrogen and oxygen atoms in total. The van der Waals surface area contributed by atoms with Gasteiger partial charge >= 0.3 is 0 Å². The first-order valence-electron chi connectivity index (χ1n) is 12.5. The van der Waals surface area contributed by atoms with Crippen molar-refractivity contribution in [3.05, 3.63) is 69.7 Å². The first-order chi connectivity index (χ1) is 16.8. The van der Waals surface area contributed by atoms with Crippen LogP contribution in [-0.4, -0.2) is 52.4 Å². The molecule has 1 aromatic heterocycles. The molecular formula is C28H37ClN4O2. The summed E-state index contributed by atoms with van der Waals surface area (Å²) in [7, 11) is 3.99. The van der Waals surface area contributed by atoms with E-state index in [1.807, 2.05) is 56.3 Å². The number of aromatic nitrogens is 2. The zero-order valence-electron chi connectivity index (χ0n) is 21.3. The second-order valence-electron chi connectivity index (χ2n) is 9.33. The molecule has 0 fully saturated rings. The lowest BCUT2D eigenvalue weighted by Crippen LogP contribution is -2.40. The fraction of sp³-hybridized carbons (Fsp3) is 0.464. The second kappa shape index (κ2) is 12.8.